The number of hydrogen-bond donors (Lipinski definition) is 0. The topological polar surface area (TPSA) is 46.6 Å². The van der Waals surface area contributed by atoms with E-state index in [1.165, 1.54) is 16.7 Å². The summed E-state index contributed by atoms with van der Waals surface area (Å²) in [4.78, 5) is 28.6. The van der Waals surface area contributed by atoms with Crippen molar-refractivity contribution >= 4 is 34.8 Å². The van der Waals surface area contributed by atoms with Crippen molar-refractivity contribution in [2.24, 2.45) is 0 Å². The number of ether oxygens (including phenoxy) is 1. The van der Waals surface area contributed by atoms with Crippen LogP contribution in [0, 0.1) is 6.92 Å². The summed E-state index contributed by atoms with van der Waals surface area (Å²) in [5.41, 5.74) is 3.90. The van der Waals surface area contributed by atoms with Crippen LogP contribution in [0.3, 0.4) is 0 Å². The van der Waals surface area contributed by atoms with Gasteiger partial charge in [-0.2, -0.15) is 0 Å². The summed E-state index contributed by atoms with van der Waals surface area (Å²) >= 11 is 1.40. The van der Waals surface area contributed by atoms with Crippen molar-refractivity contribution in [1.29, 1.82) is 0 Å². The van der Waals surface area contributed by atoms with Gasteiger partial charge in [-0.1, -0.05) is 60.2 Å². The Balaban J connectivity index is 1.71. The molecule has 4 rings (SSSR count). The van der Waals surface area contributed by atoms with Gasteiger partial charge < -0.3 is 4.74 Å². The number of imide groups is 1. The summed E-state index contributed by atoms with van der Waals surface area (Å²) in [5.74, 6) is 0.766. The van der Waals surface area contributed by atoms with Crippen LogP contribution in [0.2, 0.25) is 0 Å². The number of aryl methyl sites for hydroxylation is 1. The molecular weight excluding hydrogens is 406 g/mol. The van der Waals surface area contributed by atoms with Gasteiger partial charge in [0.1, 0.15) is 5.75 Å². The van der Waals surface area contributed by atoms with Crippen LogP contribution in [0.1, 0.15) is 23.6 Å². The van der Waals surface area contributed by atoms with Crippen LogP contribution in [-0.4, -0.2) is 18.4 Å². The average Bonchev–Trinajstić information content (AvgIpc) is 3.04. The fourth-order valence-electron chi connectivity index (χ4n) is 3.44. The number of benzene rings is 3. The van der Waals surface area contributed by atoms with E-state index >= 15 is 0 Å². The lowest BCUT2D eigenvalue weighted by molar-refractivity contribution is -0.119. The lowest BCUT2D eigenvalue weighted by Gasteiger charge is -2.15. The molecule has 0 fully saturated rings. The molecule has 0 saturated carbocycles. The van der Waals surface area contributed by atoms with Gasteiger partial charge >= 0.3 is 0 Å². The molecular formula is C26H23NO3S. The van der Waals surface area contributed by atoms with Crippen LogP contribution in [0.5, 0.6) is 5.75 Å². The zero-order chi connectivity index (χ0) is 21.8. The van der Waals surface area contributed by atoms with Crippen molar-refractivity contribution in [3.63, 3.8) is 0 Å². The molecule has 0 unspecified atom stereocenters. The molecule has 0 radical (unpaired) electrons. The molecule has 1 aliphatic rings. The van der Waals surface area contributed by atoms with Gasteiger partial charge in [-0.3, -0.25) is 9.59 Å². The van der Waals surface area contributed by atoms with E-state index in [-0.39, 0.29) is 11.8 Å². The summed E-state index contributed by atoms with van der Waals surface area (Å²) < 4.78 is 5.52. The number of anilines is 1. The Bertz CT molecular complexity index is 1120. The van der Waals surface area contributed by atoms with E-state index in [2.05, 4.69) is 0 Å². The predicted molar refractivity (Wildman–Crippen MR) is 126 cm³/mol. The number of nitrogens with zero attached hydrogens (tertiary/aromatic N) is 1. The summed E-state index contributed by atoms with van der Waals surface area (Å²) in [6.07, 6.45) is 0. The van der Waals surface area contributed by atoms with Crippen LogP contribution in [0.4, 0.5) is 5.69 Å². The van der Waals surface area contributed by atoms with E-state index in [1.54, 1.807) is 0 Å². The van der Waals surface area contributed by atoms with Gasteiger partial charge in [-0.05, 0) is 49.2 Å². The smallest absolute Gasteiger partial charge is 0.272 e. The fraction of sp³-hybridized carbons (Fsp3) is 0.154. The second-order valence-electron chi connectivity index (χ2n) is 7.22. The molecule has 31 heavy (non-hydrogen) atoms. The molecule has 0 atom stereocenters. The molecule has 0 spiro atoms. The molecule has 156 valence electrons. The molecule has 2 amide bonds. The van der Waals surface area contributed by atoms with Crippen molar-refractivity contribution in [3.05, 3.63) is 100 Å². The molecule has 1 aliphatic heterocycles. The van der Waals surface area contributed by atoms with Crippen LogP contribution >= 0.6 is 11.8 Å². The monoisotopic (exact) mass is 429 g/mol. The molecule has 0 bridgehead atoms. The van der Waals surface area contributed by atoms with Crippen LogP contribution in [0.15, 0.2) is 83.8 Å². The predicted octanol–water partition coefficient (Wildman–Crippen LogP) is 5.61. The normalized spacial score (nSPS) is 13.8. The first-order valence-corrected chi connectivity index (χ1v) is 11.2. The van der Waals surface area contributed by atoms with Gasteiger partial charge in [0.2, 0.25) is 0 Å². The van der Waals surface area contributed by atoms with E-state index in [0.717, 1.165) is 16.9 Å². The van der Waals surface area contributed by atoms with Crippen molar-refractivity contribution in [2.45, 2.75) is 19.6 Å². The Morgan fingerprint density at radius 3 is 2.16 bits per heavy atom. The van der Waals surface area contributed by atoms with Gasteiger partial charge in [0.05, 0.1) is 22.8 Å². The number of thioether (sulfide) groups is 1. The van der Waals surface area contributed by atoms with Gasteiger partial charge in [-0.25, -0.2) is 4.90 Å². The van der Waals surface area contributed by atoms with Gasteiger partial charge in [0.25, 0.3) is 11.8 Å². The fourth-order valence-corrected chi connectivity index (χ4v) is 4.51. The van der Waals surface area contributed by atoms with E-state index in [4.69, 9.17) is 4.74 Å². The van der Waals surface area contributed by atoms with Crippen LogP contribution in [-0.2, 0) is 15.3 Å². The lowest BCUT2D eigenvalue weighted by atomic mass is 10.1. The maximum Gasteiger partial charge on any atom is 0.272 e. The highest BCUT2D eigenvalue weighted by atomic mass is 32.2. The van der Waals surface area contributed by atoms with Crippen molar-refractivity contribution in [1.82, 2.24) is 0 Å². The first kappa shape index (κ1) is 20.9. The third-order valence-electron chi connectivity index (χ3n) is 5.01. The Hall–Kier alpha value is -3.31. The van der Waals surface area contributed by atoms with E-state index in [9.17, 15) is 9.59 Å². The largest absolute Gasteiger partial charge is 0.494 e. The minimum Gasteiger partial charge on any atom is -0.494 e. The second-order valence-corrected chi connectivity index (χ2v) is 8.20. The number of hydrogen-bond acceptors (Lipinski definition) is 4. The third-order valence-corrected chi connectivity index (χ3v) is 6.16. The van der Waals surface area contributed by atoms with Crippen LogP contribution in [0.25, 0.3) is 5.57 Å². The summed E-state index contributed by atoms with van der Waals surface area (Å²) in [7, 11) is 0. The molecule has 3 aromatic carbocycles. The van der Waals surface area contributed by atoms with E-state index in [0.29, 0.717) is 34.1 Å². The molecule has 4 nitrogen and oxygen atoms in total. The maximum absolute atomic E-state index is 13.4. The molecule has 0 N–H and O–H groups in total. The standard InChI is InChI=1S/C26H23NO3S/c1-3-30-22-15-11-20(12-16-22)23-24(31-17-19-7-5-4-6-8-19)26(29)27(25(23)28)21-13-9-18(2)10-14-21/h4-16H,3,17H2,1-2H3. The molecule has 3 aromatic rings. The van der Waals surface area contributed by atoms with Gasteiger partial charge in [0.15, 0.2) is 0 Å². The van der Waals surface area contributed by atoms with Crippen molar-refractivity contribution < 1.29 is 14.3 Å². The number of carbonyl (C=O) groups excluding carboxylic acids is 2. The highest BCUT2D eigenvalue weighted by Crippen LogP contribution is 2.40. The zero-order valence-corrected chi connectivity index (χ0v) is 18.3. The Kier molecular flexibility index (Phi) is 6.23. The second kappa shape index (κ2) is 9.23. The molecule has 0 aromatic heterocycles. The SMILES string of the molecule is CCOc1ccc(C2=C(SCc3ccccc3)C(=O)N(c3ccc(C)cc3)C2=O)cc1. The zero-order valence-electron chi connectivity index (χ0n) is 17.5. The highest BCUT2D eigenvalue weighted by molar-refractivity contribution is 8.03. The van der Waals surface area contributed by atoms with Crippen molar-refractivity contribution in [2.75, 3.05) is 11.5 Å². The summed E-state index contributed by atoms with van der Waals surface area (Å²) in [6.45, 7) is 4.47. The molecule has 0 aliphatic carbocycles. The minimum atomic E-state index is -0.298. The Morgan fingerprint density at radius 2 is 1.52 bits per heavy atom. The van der Waals surface area contributed by atoms with Gasteiger partial charge in [-0.15, -0.1) is 11.8 Å². The molecule has 0 saturated heterocycles. The number of rotatable bonds is 7. The van der Waals surface area contributed by atoms with E-state index in [1.807, 2.05) is 92.7 Å². The first-order chi connectivity index (χ1) is 15.1. The lowest BCUT2D eigenvalue weighted by Crippen LogP contribution is -2.31. The number of carbonyl (C=O) groups is 2. The average molecular weight is 430 g/mol. The van der Waals surface area contributed by atoms with E-state index < -0.39 is 0 Å². The molecule has 5 heteroatoms. The summed E-state index contributed by atoms with van der Waals surface area (Å²) in [6, 6.07) is 24.7. The third kappa shape index (κ3) is 4.42. The van der Waals surface area contributed by atoms with Crippen LogP contribution < -0.4 is 9.64 Å². The number of amides is 2. The first-order valence-electron chi connectivity index (χ1n) is 10.2. The minimum absolute atomic E-state index is 0.279. The highest BCUT2D eigenvalue weighted by Gasteiger charge is 2.40. The van der Waals surface area contributed by atoms with Crippen molar-refractivity contribution in [3.8, 4) is 5.75 Å². The molecule has 1 heterocycles. The van der Waals surface area contributed by atoms with Gasteiger partial charge in [0, 0.05) is 5.75 Å². The maximum atomic E-state index is 13.4. The summed E-state index contributed by atoms with van der Waals surface area (Å²) in [5, 5.41) is 0. The Labute approximate surface area is 186 Å². The Morgan fingerprint density at radius 1 is 0.839 bits per heavy atom. The quantitative estimate of drug-likeness (QED) is 0.458.